The molecule has 2 rings (SSSR count). The van der Waals surface area contributed by atoms with Crippen LogP contribution in [0, 0.1) is 11.3 Å². The van der Waals surface area contributed by atoms with Crippen LogP contribution in [0.3, 0.4) is 0 Å². The Morgan fingerprint density at radius 1 is 1.45 bits per heavy atom. The van der Waals surface area contributed by atoms with E-state index < -0.39 is 0 Å². The second-order valence-electron chi connectivity index (χ2n) is 7.29. The van der Waals surface area contributed by atoms with Crippen LogP contribution in [0.4, 0.5) is 5.95 Å². The Hall–Kier alpha value is -1.10. The van der Waals surface area contributed by atoms with Crippen molar-refractivity contribution >= 4 is 5.95 Å². The van der Waals surface area contributed by atoms with Gasteiger partial charge in [-0.2, -0.15) is 4.98 Å². The van der Waals surface area contributed by atoms with Crippen LogP contribution in [0.15, 0.2) is 0 Å². The zero-order valence-corrected chi connectivity index (χ0v) is 13.5. The molecule has 20 heavy (non-hydrogen) atoms. The number of nitrogens with one attached hydrogen (secondary N) is 1. The summed E-state index contributed by atoms with van der Waals surface area (Å²) < 4.78 is 0. The van der Waals surface area contributed by atoms with Crippen molar-refractivity contribution in [2.45, 2.75) is 66.0 Å². The van der Waals surface area contributed by atoms with Gasteiger partial charge in [-0.05, 0) is 31.1 Å². The third-order valence-electron chi connectivity index (χ3n) is 4.80. The van der Waals surface area contributed by atoms with Crippen molar-refractivity contribution in [2.75, 3.05) is 11.4 Å². The topological polar surface area (TPSA) is 70.8 Å². The van der Waals surface area contributed by atoms with Crippen molar-refractivity contribution in [3.63, 3.8) is 0 Å². The summed E-state index contributed by atoms with van der Waals surface area (Å²) in [6.45, 7) is 12.2. The van der Waals surface area contributed by atoms with E-state index in [-0.39, 0.29) is 11.5 Å². The fraction of sp³-hybridized carbons (Fsp3) is 0.867. The standard InChI is InChI=1S/C15H29N5/c1-10(15(3,4)5)9-13-17-14(19-18-13)20-8-6-7-12(16)11(20)2/h10-12H,6-9,16H2,1-5H3,(H,17,18,19). The van der Waals surface area contributed by atoms with Crippen molar-refractivity contribution in [3.8, 4) is 0 Å². The molecule has 1 saturated heterocycles. The van der Waals surface area contributed by atoms with E-state index in [4.69, 9.17) is 5.73 Å². The highest BCUT2D eigenvalue weighted by Gasteiger charge is 2.28. The normalized spacial score (nSPS) is 25.8. The van der Waals surface area contributed by atoms with Gasteiger partial charge in [0.25, 0.3) is 0 Å². The molecule has 5 nitrogen and oxygen atoms in total. The molecular weight excluding hydrogens is 250 g/mol. The first kappa shape index (κ1) is 15.3. The summed E-state index contributed by atoms with van der Waals surface area (Å²) in [7, 11) is 0. The molecule has 1 fully saturated rings. The molecule has 3 atom stereocenters. The minimum Gasteiger partial charge on any atom is -0.335 e. The molecule has 5 heteroatoms. The SMILES string of the molecule is CC1C(N)CCCN1c1n[nH]c(CC(C)C(C)(C)C)n1. The number of aromatic amines is 1. The second-order valence-corrected chi connectivity index (χ2v) is 7.29. The van der Waals surface area contributed by atoms with Crippen LogP contribution in [0.2, 0.25) is 0 Å². The molecule has 0 bridgehead atoms. The van der Waals surface area contributed by atoms with Gasteiger partial charge >= 0.3 is 0 Å². The number of nitrogens with two attached hydrogens (primary N) is 1. The quantitative estimate of drug-likeness (QED) is 0.891. The summed E-state index contributed by atoms with van der Waals surface area (Å²) in [5.74, 6) is 2.35. The summed E-state index contributed by atoms with van der Waals surface area (Å²) in [5.41, 5.74) is 6.43. The van der Waals surface area contributed by atoms with Gasteiger partial charge in [-0.25, -0.2) is 0 Å². The first-order valence-electron chi connectivity index (χ1n) is 7.72. The van der Waals surface area contributed by atoms with Gasteiger partial charge in [0, 0.05) is 25.0 Å². The van der Waals surface area contributed by atoms with Crippen LogP contribution in [-0.4, -0.2) is 33.8 Å². The van der Waals surface area contributed by atoms with Gasteiger partial charge in [0.15, 0.2) is 0 Å². The third kappa shape index (κ3) is 3.32. The van der Waals surface area contributed by atoms with Crippen molar-refractivity contribution in [2.24, 2.45) is 17.1 Å². The highest BCUT2D eigenvalue weighted by molar-refractivity contribution is 5.32. The number of hydrogen-bond acceptors (Lipinski definition) is 4. The molecule has 3 N–H and O–H groups in total. The minimum atomic E-state index is 0.221. The Balaban J connectivity index is 2.05. The maximum absolute atomic E-state index is 6.14. The lowest BCUT2D eigenvalue weighted by molar-refractivity contribution is 0.257. The molecule has 0 aliphatic carbocycles. The monoisotopic (exact) mass is 279 g/mol. The van der Waals surface area contributed by atoms with E-state index in [1.165, 1.54) is 0 Å². The van der Waals surface area contributed by atoms with E-state index in [9.17, 15) is 0 Å². The highest BCUT2D eigenvalue weighted by atomic mass is 15.4. The number of aromatic nitrogens is 3. The lowest BCUT2D eigenvalue weighted by atomic mass is 9.80. The predicted octanol–water partition coefficient (Wildman–Crippen LogP) is 2.35. The van der Waals surface area contributed by atoms with Crippen molar-refractivity contribution in [1.82, 2.24) is 15.2 Å². The van der Waals surface area contributed by atoms with E-state index in [1.54, 1.807) is 0 Å². The van der Waals surface area contributed by atoms with Crippen LogP contribution >= 0.6 is 0 Å². The smallest absolute Gasteiger partial charge is 0.244 e. The first-order chi connectivity index (χ1) is 9.29. The second kappa shape index (κ2) is 5.72. The first-order valence-corrected chi connectivity index (χ1v) is 7.72. The summed E-state index contributed by atoms with van der Waals surface area (Å²) in [4.78, 5) is 6.91. The lowest BCUT2D eigenvalue weighted by Gasteiger charge is -2.36. The fourth-order valence-electron chi connectivity index (χ4n) is 2.56. The summed E-state index contributed by atoms with van der Waals surface area (Å²) >= 11 is 0. The van der Waals surface area contributed by atoms with Gasteiger partial charge in [-0.1, -0.05) is 27.7 Å². The minimum absolute atomic E-state index is 0.221. The summed E-state index contributed by atoms with van der Waals surface area (Å²) in [6, 6.07) is 0.534. The van der Waals surface area contributed by atoms with Gasteiger partial charge < -0.3 is 10.6 Å². The van der Waals surface area contributed by atoms with Gasteiger partial charge in [-0.3, -0.25) is 5.10 Å². The van der Waals surface area contributed by atoms with Crippen molar-refractivity contribution in [3.05, 3.63) is 5.82 Å². The van der Waals surface area contributed by atoms with E-state index in [1.807, 2.05) is 0 Å². The lowest BCUT2D eigenvalue weighted by Crippen LogP contribution is -2.51. The number of rotatable bonds is 3. The molecule has 2 heterocycles. The molecule has 114 valence electrons. The van der Waals surface area contributed by atoms with Crippen molar-refractivity contribution in [1.29, 1.82) is 0 Å². The van der Waals surface area contributed by atoms with Crippen molar-refractivity contribution < 1.29 is 0 Å². The molecule has 0 spiro atoms. The van der Waals surface area contributed by atoms with E-state index in [2.05, 4.69) is 54.7 Å². The Morgan fingerprint density at radius 3 is 2.80 bits per heavy atom. The Labute approximate surface area is 122 Å². The van der Waals surface area contributed by atoms with Crippen LogP contribution in [0.1, 0.15) is 53.3 Å². The molecule has 0 aromatic carbocycles. The largest absolute Gasteiger partial charge is 0.335 e. The maximum Gasteiger partial charge on any atom is 0.244 e. The van der Waals surface area contributed by atoms with Crippen LogP contribution in [0.25, 0.3) is 0 Å². The van der Waals surface area contributed by atoms with E-state index in [0.717, 1.165) is 37.6 Å². The average Bonchev–Trinajstić information content (AvgIpc) is 2.80. The average molecular weight is 279 g/mol. The summed E-state index contributed by atoms with van der Waals surface area (Å²) in [5, 5.41) is 7.49. The number of H-pyrrole nitrogens is 1. The number of hydrogen-bond donors (Lipinski definition) is 2. The Morgan fingerprint density at radius 2 is 2.15 bits per heavy atom. The molecule has 0 amide bonds. The van der Waals surface area contributed by atoms with Gasteiger partial charge in [-0.15, -0.1) is 5.10 Å². The molecule has 0 radical (unpaired) electrons. The van der Waals surface area contributed by atoms with Gasteiger partial charge in [0.05, 0.1) is 0 Å². The highest BCUT2D eigenvalue weighted by Crippen LogP contribution is 2.28. The maximum atomic E-state index is 6.14. The molecule has 1 aromatic heterocycles. The predicted molar refractivity (Wildman–Crippen MR) is 82.7 cm³/mol. The summed E-state index contributed by atoms with van der Waals surface area (Å²) in [6.07, 6.45) is 3.15. The fourth-order valence-corrected chi connectivity index (χ4v) is 2.56. The van der Waals surface area contributed by atoms with Crippen LogP contribution in [0.5, 0.6) is 0 Å². The molecule has 1 aliphatic rings. The third-order valence-corrected chi connectivity index (χ3v) is 4.80. The zero-order chi connectivity index (χ0) is 14.9. The Bertz CT molecular complexity index is 434. The number of anilines is 1. The van der Waals surface area contributed by atoms with E-state index >= 15 is 0 Å². The molecule has 1 aliphatic heterocycles. The zero-order valence-electron chi connectivity index (χ0n) is 13.5. The Kier molecular flexibility index (Phi) is 4.37. The molecular formula is C15H29N5. The van der Waals surface area contributed by atoms with Gasteiger partial charge in [0.1, 0.15) is 5.82 Å². The molecule has 1 aromatic rings. The van der Waals surface area contributed by atoms with E-state index in [0.29, 0.717) is 12.0 Å². The van der Waals surface area contributed by atoms with Crippen LogP contribution < -0.4 is 10.6 Å². The van der Waals surface area contributed by atoms with Gasteiger partial charge in [0.2, 0.25) is 5.95 Å². The molecule has 0 saturated carbocycles. The van der Waals surface area contributed by atoms with Crippen LogP contribution in [-0.2, 0) is 6.42 Å². The number of nitrogens with zero attached hydrogens (tertiary/aromatic N) is 3. The molecule has 3 unspecified atom stereocenters. The number of piperidine rings is 1.